The Balaban J connectivity index is 2.29. The van der Waals surface area contributed by atoms with Crippen LogP contribution in [0, 0.1) is 6.92 Å². The second kappa shape index (κ2) is 7.86. The molecule has 0 aliphatic rings. The van der Waals surface area contributed by atoms with Gasteiger partial charge in [0.25, 0.3) is 0 Å². The molecule has 24 heavy (non-hydrogen) atoms. The van der Waals surface area contributed by atoms with E-state index in [2.05, 4.69) is 13.8 Å². The molecule has 4 heteroatoms. The lowest BCUT2D eigenvalue weighted by atomic mass is 10.0. The Hall–Kier alpha value is -2.49. The van der Waals surface area contributed by atoms with E-state index in [0.717, 1.165) is 16.7 Å². The molecule has 0 saturated heterocycles. The number of carbonyl (C=O) groups is 1. The maximum Gasteiger partial charge on any atom is 0.345 e. The van der Waals surface area contributed by atoms with Crippen LogP contribution in [0.1, 0.15) is 36.5 Å². The molecule has 128 valence electrons. The molecule has 1 atom stereocenters. The molecular weight excluding hydrogens is 304 g/mol. The average Bonchev–Trinajstić information content (AvgIpc) is 2.54. The van der Waals surface area contributed by atoms with Gasteiger partial charge in [-0.25, -0.2) is 4.79 Å². The Labute approximate surface area is 143 Å². The first-order valence-electron chi connectivity index (χ1n) is 8.04. The second-order valence-electron chi connectivity index (χ2n) is 6.16. The van der Waals surface area contributed by atoms with Crippen LogP contribution in [-0.2, 0) is 11.2 Å². The third-order valence-corrected chi connectivity index (χ3v) is 3.93. The van der Waals surface area contributed by atoms with Crippen LogP contribution in [0.3, 0.4) is 0 Å². The molecule has 0 aliphatic heterocycles. The highest BCUT2D eigenvalue weighted by Crippen LogP contribution is 2.28. The van der Waals surface area contributed by atoms with Gasteiger partial charge in [-0.1, -0.05) is 49.7 Å². The zero-order chi connectivity index (χ0) is 17.7. The number of carboxylic acids is 1. The minimum atomic E-state index is -0.989. The molecule has 0 aliphatic carbocycles. The number of hydrogen-bond acceptors (Lipinski definition) is 3. The first-order chi connectivity index (χ1) is 11.4. The van der Waals surface area contributed by atoms with E-state index >= 15 is 0 Å². The van der Waals surface area contributed by atoms with Gasteiger partial charge in [-0.15, -0.1) is 0 Å². The van der Waals surface area contributed by atoms with E-state index in [1.807, 2.05) is 49.4 Å². The standard InChI is InChI=1S/C20H24O4/c1-13(2)16-7-5-6-8-18(16)24-19(20(21)22)12-15-11-14(3)9-10-17(15)23-4/h5-11,13,19H,12H2,1-4H3,(H,21,22)/t19-/m0/s1. The maximum atomic E-state index is 11.7. The molecule has 4 nitrogen and oxygen atoms in total. The molecule has 0 aromatic heterocycles. The summed E-state index contributed by atoms with van der Waals surface area (Å²) >= 11 is 0. The normalized spacial score (nSPS) is 12.0. The van der Waals surface area contributed by atoms with Gasteiger partial charge in [-0.2, -0.15) is 0 Å². The van der Waals surface area contributed by atoms with Gasteiger partial charge >= 0.3 is 5.97 Å². The molecule has 1 N–H and O–H groups in total. The van der Waals surface area contributed by atoms with Crippen LogP contribution in [0.25, 0.3) is 0 Å². The number of aryl methyl sites for hydroxylation is 1. The van der Waals surface area contributed by atoms with E-state index in [-0.39, 0.29) is 12.3 Å². The van der Waals surface area contributed by atoms with Crippen molar-refractivity contribution in [2.24, 2.45) is 0 Å². The minimum Gasteiger partial charge on any atom is -0.496 e. The van der Waals surface area contributed by atoms with E-state index in [0.29, 0.717) is 11.5 Å². The van der Waals surface area contributed by atoms with E-state index in [1.54, 1.807) is 7.11 Å². The number of aliphatic carboxylic acids is 1. The summed E-state index contributed by atoms with van der Waals surface area (Å²) in [5.74, 6) is 0.556. The van der Waals surface area contributed by atoms with E-state index in [1.165, 1.54) is 0 Å². The summed E-state index contributed by atoms with van der Waals surface area (Å²) < 4.78 is 11.2. The lowest BCUT2D eigenvalue weighted by Gasteiger charge is -2.20. The molecule has 0 radical (unpaired) electrons. The van der Waals surface area contributed by atoms with Crippen LogP contribution in [0.5, 0.6) is 11.5 Å². The zero-order valence-corrected chi connectivity index (χ0v) is 14.6. The molecular formula is C20H24O4. The molecule has 0 fully saturated rings. The van der Waals surface area contributed by atoms with Crippen molar-refractivity contribution in [3.05, 3.63) is 59.2 Å². The number of ether oxygens (including phenoxy) is 2. The number of benzene rings is 2. The van der Waals surface area contributed by atoms with Crippen molar-refractivity contribution < 1.29 is 19.4 Å². The minimum absolute atomic E-state index is 0.243. The molecule has 0 heterocycles. The highest BCUT2D eigenvalue weighted by atomic mass is 16.5. The Morgan fingerprint density at radius 3 is 2.46 bits per heavy atom. The van der Waals surface area contributed by atoms with Crippen LogP contribution >= 0.6 is 0 Å². The summed E-state index contributed by atoms with van der Waals surface area (Å²) in [6.45, 7) is 6.08. The summed E-state index contributed by atoms with van der Waals surface area (Å²) in [5.41, 5.74) is 2.88. The lowest BCUT2D eigenvalue weighted by Crippen LogP contribution is -2.30. The number of methoxy groups -OCH3 is 1. The van der Waals surface area contributed by atoms with Gasteiger partial charge in [0.1, 0.15) is 11.5 Å². The fourth-order valence-electron chi connectivity index (χ4n) is 2.66. The molecule has 0 saturated carbocycles. The first-order valence-corrected chi connectivity index (χ1v) is 8.04. The Bertz CT molecular complexity index is 707. The van der Waals surface area contributed by atoms with Crippen LogP contribution in [-0.4, -0.2) is 24.3 Å². The molecule has 2 rings (SSSR count). The molecule has 2 aromatic rings. The third kappa shape index (κ3) is 4.28. The van der Waals surface area contributed by atoms with Crippen molar-refractivity contribution in [3.8, 4) is 11.5 Å². The second-order valence-corrected chi connectivity index (χ2v) is 6.16. The van der Waals surface area contributed by atoms with Gasteiger partial charge in [0, 0.05) is 6.42 Å². The Morgan fingerprint density at radius 1 is 1.12 bits per heavy atom. The predicted octanol–water partition coefficient (Wildman–Crippen LogP) is 4.20. The Kier molecular flexibility index (Phi) is 5.85. The van der Waals surface area contributed by atoms with Crippen LogP contribution < -0.4 is 9.47 Å². The van der Waals surface area contributed by atoms with Crippen molar-refractivity contribution in [1.29, 1.82) is 0 Å². The van der Waals surface area contributed by atoms with Crippen molar-refractivity contribution in [2.45, 2.75) is 39.2 Å². The fourth-order valence-corrected chi connectivity index (χ4v) is 2.66. The highest BCUT2D eigenvalue weighted by molar-refractivity contribution is 5.73. The van der Waals surface area contributed by atoms with Crippen LogP contribution in [0.2, 0.25) is 0 Å². The monoisotopic (exact) mass is 328 g/mol. The van der Waals surface area contributed by atoms with Gasteiger partial charge in [-0.05, 0) is 36.1 Å². The summed E-state index contributed by atoms with van der Waals surface area (Å²) in [6, 6.07) is 13.3. The molecule has 2 aromatic carbocycles. The van der Waals surface area contributed by atoms with Gasteiger partial charge in [0.2, 0.25) is 0 Å². The smallest absolute Gasteiger partial charge is 0.345 e. The lowest BCUT2D eigenvalue weighted by molar-refractivity contribution is -0.145. The first kappa shape index (κ1) is 17.9. The van der Waals surface area contributed by atoms with Crippen molar-refractivity contribution >= 4 is 5.97 Å². The van der Waals surface area contributed by atoms with Gasteiger partial charge in [0.05, 0.1) is 7.11 Å². The van der Waals surface area contributed by atoms with E-state index in [9.17, 15) is 9.90 Å². The topological polar surface area (TPSA) is 55.8 Å². The Morgan fingerprint density at radius 2 is 1.83 bits per heavy atom. The third-order valence-electron chi connectivity index (χ3n) is 3.93. The molecule has 0 bridgehead atoms. The maximum absolute atomic E-state index is 11.7. The summed E-state index contributed by atoms with van der Waals surface area (Å²) in [7, 11) is 1.58. The number of para-hydroxylation sites is 1. The van der Waals surface area contributed by atoms with Gasteiger partial charge in [-0.3, -0.25) is 0 Å². The average molecular weight is 328 g/mol. The zero-order valence-electron chi connectivity index (χ0n) is 14.6. The molecule has 0 amide bonds. The fraction of sp³-hybridized carbons (Fsp3) is 0.350. The van der Waals surface area contributed by atoms with Crippen LogP contribution in [0.15, 0.2) is 42.5 Å². The van der Waals surface area contributed by atoms with Crippen molar-refractivity contribution in [1.82, 2.24) is 0 Å². The molecule has 0 spiro atoms. The van der Waals surface area contributed by atoms with E-state index < -0.39 is 12.1 Å². The highest BCUT2D eigenvalue weighted by Gasteiger charge is 2.23. The van der Waals surface area contributed by atoms with Crippen molar-refractivity contribution in [2.75, 3.05) is 7.11 Å². The predicted molar refractivity (Wildman–Crippen MR) is 94.0 cm³/mol. The number of carboxylic acid groups (broad SMARTS) is 1. The van der Waals surface area contributed by atoms with Crippen molar-refractivity contribution in [3.63, 3.8) is 0 Å². The quantitative estimate of drug-likeness (QED) is 0.827. The number of rotatable bonds is 7. The summed E-state index contributed by atoms with van der Waals surface area (Å²) in [6.07, 6.45) is -0.729. The summed E-state index contributed by atoms with van der Waals surface area (Å²) in [4.78, 5) is 11.7. The van der Waals surface area contributed by atoms with Gasteiger partial charge in [0.15, 0.2) is 6.10 Å². The number of hydrogen-bond donors (Lipinski definition) is 1. The largest absolute Gasteiger partial charge is 0.496 e. The summed E-state index contributed by atoms with van der Waals surface area (Å²) in [5, 5.41) is 9.59. The SMILES string of the molecule is COc1ccc(C)cc1C[C@H](Oc1ccccc1C(C)C)C(=O)O. The molecule has 0 unspecified atom stereocenters. The van der Waals surface area contributed by atoms with Gasteiger partial charge < -0.3 is 14.6 Å². The van der Waals surface area contributed by atoms with Crippen LogP contribution in [0.4, 0.5) is 0 Å². The van der Waals surface area contributed by atoms with E-state index in [4.69, 9.17) is 9.47 Å².